The van der Waals surface area contributed by atoms with E-state index in [1.165, 1.54) is 33.8 Å². The molecular weight excluding hydrogens is 416 g/mol. The zero-order chi connectivity index (χ0) is 22.0. The lowest BCUT2D eigenvalue weighted by atomic mass is 9.95. The van der Waals surface area contributed by atoms with Crippen LogP contribution in [0.4, 0.5) is 0 Å². The second-order valence-electron chi connectivity index (χ2n) is 8.85. The number of nitrogens with one attached hydrogen (secondary N) is 1. The van der Waals surface area contributed by atoms with Gasteiger partial charge < -0.3 is 5.32 Å². The lowest BCUT2D eigenvalue weighted by Gasteiger charge is -2.29. The summed E-state index contributed by atoms with van der Waals surface area (Å²) in [6.07, 6.45) is 8.35. The van der Waals surface area contributed by atoms with E-state index in [1.54, 1.807) is 6.07 Å². The Morgan fingerprint density at radius 2 is 1.84 bits per heavy atom. The van der Waals surface area contributed by atoms with E-state index >= 15 is 0 Å². The molecule has 1 aliphatic carbocycles. The molecule has 0 bridgehead atoms. The highest BCUT2D eigenvalue weighted by Crippen LogP contribution is 2.24. The van der Waals surface area contributed by atoms with Gasteiger partial charge in [0.15, 0.2) is 0 Å². The molecule has 1 N–H and O–H groups in total. The van der Waals surface area contributed by atoms with E-state index in [1.807, 2.05) is 0 Å². The van der Waals surface area contributed by atoms with Crippen molar-refractivity contribution in [3.8, 4) is 0 Å². The molecule has 1 saturated carbocycles. The van der Waals surface area contributed by atoms with Crippen LogP contribution in [-0.4, -0.2) is 47.3 Å². The largest absolute Gasteiger partial charge is 0.352 e. The van der Waals surface area contributed by atoms with E-state index in [-0.39, 0.29) is 28.8 Å². The van der Waals surface area contributed by atoms with Crippen LogP contribution in [0, 0.1) is 5.92 Å². The van der Waals surface area contributed by atoms with Gasteiger partial charge in [-0.25, -0.2) is 13.4 Å². The van der Waals surface area contributed by atoms with Crippen LogP contribution in [0.25, 0.3) is 10.9 Å². The fourth-order valence-electron chi connectivity index (χ4n) is 4.46. The second kappa shape index (κ2) is 9.08. The molecule has 8 nitrogen and oxygen atoms in total. The van der Waals surface area contributed by atoms with Crippen LogP contribution in [-0.2, 0) is 21.4 Å². The molecule has 2 aromatic rings. The molecule has 2 fully saturated rings. The molecule has 9 heteroatoms. The Balaban J connectivity index is 1.56. The highest BCUT2D eigenvalue weighted by molar-refractivity contribution is 7.89. The molecule has 1 aromatic heterocycles. The maximum absolute atomic E-state index is 13.1. The predicted octanol–water partition coefficient (Wildman–Crippen LogP) is 2.27. The number of fused-ring (bicyclic) bond motifs is 1. The Hall–Kier alpha value is -2.26. The number of aromatic nitrogens is 2. The normalized spacial score (nSPS) is 19.5. The van der Waals surface area contributed by atoms with Gasteiger partial charge in [0.05, 0.1) is 22.1 Å². The van der Waals surface area contributed by atoms with Crippen molar-refractivity contribution in [1.82, 2.24) is 19.2 Å². The van der Waals surface area contributed by atoms with Gasteiger partial charge >= 0.3 is 0 Å². The van der Waals surface area contributed by atoms with Gasteiger partial charge in [-0.3, -0.25) is 14.2 Å². The molecule has 31 heavy (non-hydrogen) atoms. The van der Waals surface area contributed by atoms with Crippen molar-refractivity contribution in [3.63, 3.8) is 0 Å². The fraction of sp³-hybridized carbons (Fsp3) is 0.591. The molecule has 0 spiro atoms. The standard InChI is InChI=1S/C22H30N4O4S/c1-16-9-11-26(12-10-16)31(29,30)18-7-8-20-19(13-18)22(28)25(15-23-20)14-21(27)24-17-5-3-2-4-6-17/h7-8,13,15-17H,2-6,9-12,14H2,1H3,(H,24,27). The van der Waals surface area contributed by atoms with Crippen molar-refractivity contribution in [3.05, 3.63) is 34.9 Å². The summed E-state index contributed by atoms with van der Waals surface area (Å²) in [6, 6.07) is 4.62. The molecule has 168 valence electrons. The van der Waals surface area contributed by atoms with Gasteiger partial charge in [-0.05, 0) is 49.8 Å². The third-order valence-corrected chi connectivity index (χ3v) is 8.35. The first-order chi connectivity index (χ1) is 14.8. The van der Waals surface area contributed by atoms with Crippen LogP contribution in [0.15, 0.2) is 34.2 Å². The van der Waals surface area contributed by atoms with Gasteiger partial charge in [0, 0.05) is 19.1 Å². The number of hydrogen-bond acceptors (Lipinski definition) is 5. The topological polar surface area (TPSA) is 101 Å². The Bertz CT molecular complexity index is 1110. The van der Waals surface area contributed by atoms with Gasteiger partial charge in [-0.15, -0.1) is 0 Å². The van der Waals surface area contributed by atoms with E-state index < -0.39 is 15.6 Å². The van der Waals surface area contributed by atoms with E-state index in [0.717, 1.165) is 38.5 Å². The maximum atomic E-state index is 13.1. The number of nitrogens with zero attached hydrogens (tertiary/aromatic N) is 3. The summed E-state index contributed by atoms with van der Waals surface area (Å²) in [4.78, 5) is 29.8. The quantitative estimate of drug-likeness (QED) is 0.759. The van der Waals surface area contributed by atoms with Crippen molar-refractivity contribution in [2.75, 3.05) is 13.1 Å². The highest BCUT2D eigenvalue weighted by atomic mass is 32.2. The summed E-state index contributed by atoms with van der Waals surface area (Å²) in [6.45, 7) is 2.97. The third-order valence-electron chi connectivity index (χ3n) is 6.46. The molecule has 0 radical (unpaired) electrons. The van der Waals surface area contributed by atoms with E-state index in [0.29, 0.717) is 24.5 Å². The number of benzene rings is 1. The summed E-state index contributed by atoms with van der Waals surface area (Å²) in [5.74, 6) is 0.292. The number of hydrogen-bond donors (Lipinski definition) is 1. The van der Waals surface area contributed by atoms with Crippen LogP contribution in [0.5, 0.6) is 0 Å². The molecule has 1 amide bonds. The fourth-order valence-corrected chi connectivity index (χ4v) is 5.96. The number of sulfonamides is 1. The van der Waals surface area contributed by atoms with E-state index in [4.69, 9.17) is 0 Å². The number of piperidine rings is 1. The third kappa shape index (κ3) is 4.82. The first-order valence-electron chi connectivity index (χ1n) is 11.1. The van der Waals surface area contributed by atoms with Gasteiger partial charge in [0.2, 0.25) is 15.9 Å². The Kier molecular flexibility index (Phi) is 6.43. The molecule has 0 unspecified atom stereocenters. The molecule has 0 atom stereocenters. The minimum Gasteiger partial charge on any atom is -0.352 e. The Morgan fingerprint density at radius 1 is 1.13 bits per heavy atom. The Labute approximate surface area is 182 Å². The highest BCUT2D eigenvalue weighted by Gasteiger charge is 2.28. The van der Waals surface area contributed by atoms with Crippen LogP contribution in [0.1, 0.15) is 51.9 Å². The zero-order valence-corrected chi connectivity index (χ0v) is 18.7. The summed E-state index contributed by atoms with van der Waals surface area (Å²) in [7, 11) is -3.67. The lowest BCUT2D eigenvalue weighted by Crippen LogP contribution is -2.40. The number of carbonyl (C=O) groups is 1. The lowest BCUT2D eigenvalue weighted by molar-refractivity contribution is -0.122. The van der Waals surface area contributed by atoms with Crippen LogP contribution in [0.3, 0.4) is 0 Å². The molecule has 2 heterocycles. The summed E-state index contributed by atoms with van der Waals surface area (Å²) >= 11 is 0. The summed E-state index contributed by atoms with van der Waals surface area (Å²) in [5.41, 5.74) is 0.00765. The average molecular weight is 447 g/mol. The van der Waals surface area contributed by atoms with Gasteiger partial charge in [-0.1, -0.05) is 26.2 Å². The smallest absolute Gasteiger partial charge is 0.261 e. The molecular formula is C22H30N4O4S. The molecule has 1 aliphatic heterocycles. The minimum absolute atomic E-state index is 0.0952. The number of rotatable bonds is 5. The summed E-state index contributed by atoms with van der Waals surface area (Å²) < 4.78 is 28.9. The van der Waals surface area contributed by atoms with Crippen molar-refractivity contribution < 1.29 is 13.2 Å². The van der Waals surface area contributed by atoms with E-state index in [9.17, 15) is 18.0 Å². The van der Waals surface area contributed by atoms with Gasteiger partial charge in [0.25, 0.3) is 5.56 Å². The first-order valence-corrected chi connectivity index (χ1v) is 12.6. The number of amides is 1. The Morgan fingerprint density at radius 3 is 2.55 bits per heavy atom. The van der Waals surface area contributed by atoms with E-state index in [2.05, 4.69) is 17.2 Å². The van der Waals surface area contributed by atoms with Crippen LogP contribution >= 0.6 is 0 Å². The minimum atomic E-state index is -3.67. The summed E-state index contributed by atoms with van der Waals surface area (Å²) in [5, 5.41) is 3.20. The van der Waals surface area contributed by atoms with Crippen molar-refractivity contribution in [2.24, 2.45) is 5.92 Å². The SMILES string of the molecule is CC1CCN(S(=O)(=O)c2ccc3ncn(CC(=O)NC4CCCCC4)c(=O)c3c2)CC1. The molecule has 4 rings (SSSR count). The second-order valence-corrected chi connectivity index (χ2v) is 10.8. The average Bonchev–Trinajstić information content (AvgIpc) is 2.76. The monoisotopic (exact) mass is 446 g/mol. The van der Waals surface area contributed by atoms with Crippen LogP contribution in [0.2, 0.25) is 0 Å². The molecule has 2 aliphatic rings. The number of carbonyl (C=O) groups excluding carboxylic acids is 1. The zero-order valence-electron chi connectivity index (χ0n) is 17.9. The van der Waals surface area contributed by atoms with Crippen molar-refractivity contribution in [1.29, 1.82) is 0 Å². The first kappa shape index (κ1) is 22.0. The maximum Gasteiger partial charge on any atom is 0.261 e. The predicted molar refractivity (Wildman–Crippen MR) is 118 cm³/mol. The van der Waals surface area contributed by atoms with Crippen LogP contribution < -0.4 is 10.9 Å². The van der Waals surface area contributed by atoms with Gasteiger partial charge in [-0.2, -0.15) is 4.31 Å². The van der Waals surface area contributed by atoms with Crippen molar-refractivity contribution >= 4 is 26.8 Å². The molecule has 1 saturated heterocycles. The molecule has 1 aromatic carbocycles. The van der Waals surface area contributed by atoms with Gasteiger partial charge in [0.1, 0.15) is 6.54 Å². The van der Waals surface area contributed by atoms with Crippen molar-refractivity contribution in [2.45, 2.75) is 69.4 Å².